The van der Waals surface area contributed by atoms with Gasteiger partial charge in [0.1, 0.15) is 5.82 Å². The number of aryl methyl sites for hydroxylation is 1. The monoisotopic (exact) mass is 148 g/mol. The first-order chi connectivity index (χ1) is 5.40. The van der Waals surface area contributed by atoms with Crippen LogP contribution in [0.4, 0.5) is 5.82 Å². The number of hydrogen-bond acceptors (Lipinski definition) is 2. The molecule has 2 heterocycles. The molecule has 0 bridgehead atoms. The van der Waals surface area contributed by atoms with Crippen molar-refractivity contribution in [1.82, 2.24) is 4.98 Å². The van der Waals surface area contributed by atoms with E-state index in [0.717, 1.165) is 12.2 Å². The van der Waals surface area contributed by atoms with Gasteiger partial charge in [-0.15, -0.1) is 0 Å². The highest BCUT2D eigenvalue weighted by atomic mass is 15.3. The molecule has 0 amide bonds. The van der Waals surface area contributed by atoms with Gasteiger partial charge in [0.05, 0.1) is 0 Å². The predicted molar refractivity (Wildman–Crippen MR) is 45.8 cm³/mol. The Kier molecular flexibility index (Phi) is 1.53. The topological polar surface area (TPSA) is 15.9 Å². The summed E-state index contributed by atoms with van der Waals surface area (Å²) in [6.07, 6.45) is 1.03. The molecule has 2 heteroatoms. The standard InChI is InChI=1S/C9H12N2/c1-2-8-4-3-5-9(10-8)11-6-7-11/h3-5H,2,6-7H2,1H3. The molecule has 0 N–H and O–H groups in total. The molecule has 0 saturated carbocycles. The maximum absolute atomic E-state index is 4.48. The van der Waals surface area contributed by atoms with Gasteiger partial charge in [0.2, 0.25) is 0 Å². The van der Waals surface area contributed by atoms with E-state index >= 15 is 0 Å². The first-order valence-corrected chi connectivity index (χ1v) is 4.11. The lowest BCUT2D eigenvalue weighted by Gasteiger charge is -2.02. The van der Waals surface area contributed by atoms with Crippen molar-refractivity contribution in [2.75, 3.05) is 18.0 Å². The summed E-state index contributed by atoms with van der Waals surface area (Å²) in [7, 11) is 0. The molecule has 1 fully saturated rings. The van der Waals surface area contributed by atoms with Crippen LogP contribution in [0, 0.1) is 0 Å². The third-order valence-corrected chi connectivity index (χ3v) is 1.93. The molecule has 2 nitrogen and oxygen atoms in total. The first-order valence-electron chi connectivity index (χ1n) is 4.11. The molecule has 0 radical (unpaired) electrons. The molecule has 0 aliphatic carbocycles. The Morgan fingerprint density at radius 1 is 1.45 bits per heavy atom. The van der Waals surface area contributed by atoms with Crippen LogP contribution in [0.5, 0.6) is 0 Å². The molecule has 0 spiro atoms. The summed E-state index contributed by atoms with van der Waals surface area (Å²) in [4.78, 5) is 6.74. The average Bonchev–Trinajstić information content (AvgIpc) is 2.87. The molecule has 1 aromatic rings. The number of nitrogens with zero attached hydrogens (tertiary/aromatic N) is 2. The van der Waals surface area contributed by atoms with E-state index < -0.39 is 0 Å². The van der Waals surface area contributed by atoms with E-state index in [4.69, 9.17) is 0 Å². The molecular weight excluding hydrogens is 136 g/mol. The Morgan fingerprint density at radius 3 is 2.91 bits per heavy atom. The predicted octanol–water partition coefficient (Wildman–Crippen LogP) is 1.46. The number of hydrogen-bond donors (Lipinski definition) is 0. The molecule has 1 aliphatic rings. The lowest BCUT2D eigenvalue weighted by atomic mass is 10.3. The average molecular weight is 148 g/mol. The summed E-state index contributed by atoms with van der Waals surface area (Å²) in [6.45, 7) is 4.49. The Labute approximate surface area is 66.9 Å². The van der Waals surface area contributed by atoms with E-state index in [-0.39, 0.29) is 0 Å². The zero-order valence-corrected chi connectivity index (χ0v) is 6.75. The molecule has 58 valence electrons. The van der Waals surface area contributed by atoms with Crippen molar-refractivity contribution in [3.05, 3.63) is 23.9 Å². The van der Waals surface area contributed by atoms with Crippen LogP contribution >= 0.6 is 0 Å². The van der Waals surface area contributed by atoms with Gasteiger partial charge in [0.25, 0.3) is 0 Å². The maximum Gasteiger partial charge on any atom is 0.128 e. The van der Waals surface area contributed by atoms with Gasteiger partial charge in [-0.3, -0.25) is 0 Å². The van der Waals surface area contributed by atoms with Crippen LogP contribution in [-0.2, 0) is 6.42 Å². The third-order valence-electron chi connectivity index (χ3n) is 1.93. The van der Waals surface area contributed by atoms with E-state index in [1.807, 2.05) is 0 Å². The molecule has 1 aromatic heterocycles. The van der Waals surface area contributed by atoms with Crippen LogP contribution in [0.3, 0.4) is 0 Å². The van der Waals surface area contributed by atoms with Gasteiger partial charge in [-0.1, -0.05) is 13.0 Å². The number of pyridine rings is 1. The molecule has 1 saturated heterocycles. The van der Waals surface area contributed by atoms with E-state index in [9.17, 15) is 0 Å². The second-order valence-corrected chi connectivity index (χ2v) is 2.83. The van der Waals surface area contributed by atoms with E-state index in [0.29, 0.717) is 0 Å². The fraction of sp³-hybridized carbons (Fsp3) is 0.444. The minimum absolute atomic E-state index is 1.03. The fourth-order valence-corrected chi connectivity index (χ4v) is 1.12. The van der Waals surface area contributed by atoms with Crippen molar-refractivity contribution < 1.29 is 0 Å². The molecule has 0 aromatic carbocycles. The van der Waals surface area contributed by atoms with Gasteiger partial charge in [0, 0.05) is 18.8 Å². The van der Waals surface area contributed by atoms with E-state index in [1.54, 1.807) is 0 Å². The minimum Gasteiger partial charge on any atom is -0.353 e. The first kappa shape index (κ1) is 6.65. The number of aromatic nitrogens is 1. The van der Waals surface area contributed by atoms with Crippen molar-refractivity contribution in [3.63, 3.8) is 0 Å². The molecule has 2 rings (SSSR count). The minimum atomic E-state index is 1.03. The van der Waals surface area contributed by atoms with Gasteiger partial charge in [0.15, 0.2) is 0 Å². The number of rotatable bonds is 2. The summed E-state index contributed by atoms with van der Waals surface area (Å²) < 4.78 is 0. The molecular formula is C9H12N2. The zero-order chi connectivity index (χ0) is 7.68. The summed E-state index contributed by atoms with van der Waals surface area (Å²) in [5.41, 5.74) is 1.19. The van der Waals surface area contributed by atoms with Crippen LogP contribution in [0.15, 0.2) is 18.2 Å². The highest BCUT2D eigenvalue weighted by Crippen LogP contribution is 2.17. The number of anilines is 1. The smallest absolute Gasteiger partial charge is 0.128 e. The molecule has 0 atom stereocenters. The molecule has 11 heavy (non-hydrogen) atoms. The summed E-state index contributed by atoms with van der Waals surface area (Å²) in [6, 6.07) is 6.23. The normalized spacial score (nSPS) is 15.2. The van der Waals surface area contributed by atoms with Crippen molar-refractivity contribution >= 4 is 5.82 Å². The highest BCUT2D eigenvalue weighted by molar-refractivity contribution is 5.44. The third kappa shape index (κ3) is 1.34. The van der Waals surface area contributed by atoms with Crippen molar-refractivity contribution in [2.24, 2.45) is 0 Å². The summed E-state index contributed by atoms with van der Waals surface area (Å²) in [5.74, 6) is 1.14. The largest absolute Gasteiger partial charge is 0.353 e. The van der Waals surface area contributed by atoms with Crippen LogP contribution in [-0.4, -0.2) is 18.1 Å². The van der Waals surface area contributed by atoms with Crippen LogP contribution < -0.4 is 4.90 Å². The molecule has 0 unspecified atom stereocenters. The van der Waals surface area contributed by atoms with Crippen molar-refractivity contribution in [2.45, 2.75) is 13.3 Å². The van der Waals surface area contributed by atoms with Crippen LogP contribution in [0.1, 0.15) is 12.6 Å². The van der Waals surface area contributed by atoms with E-state index in [2.05, 4.69) is 35.0 Å². The van der Waals surface area contributed by atoms with Gasteiger partial charge in [-0.05, 0) is 18.6 Å². The second-order valence-electron chi connectivity index (χ2n) is 2.83. The fourth-order valence-electron chi connectivity index (χ4n) is 1.12. The maximum atomic E-state index is 4.48. The Balaban J connectivity index is 2.26. The van der Waals surface area contributed by atoms with E-state index in [1.165, 1.54) is 18.8 Å². The second kappa shape index (κ2) is 2.53. The van der Waals surface area contributed by atoms with Gasteiger partial charge in [-0.25, -0.2) is 4.98 Å². The summed E-state index contributed by atoms with van der Waals surface area (Å²) >= 11 is 0. The Morgan fingerprint density at radius 2 is 2.27 bits per heavy atom. The summed E-state index contributed by atoms with van der Waals surface area (Å²) in [5, 5.41) is 0. The van der Waals surface area contributed by atoms with Gasteiger partial charge in [-0.2, -0.15) is 0 Å². The Bertz CT molecular complexity index is 253. The van der Waals surface area contributed by atoms with Crippen LogP contribution in [0.2, 0.25) is 0 Å². The van der Waals surface area contributed by atoms with Gasteiger partial charge < -0.3 is 4.90 Å². The zero-order valence-electron chi connectivity index (χ0n) is 6.75. The molecule has 1 aliphatic heterocycles. The highest BCUT2D eigenvalue weighted by Gasteiger charge is 2.18. The Hall–Kier alpha value is -1.05. The van der Waals surface area contributed by atoms with Crippen molar-refractivity contribution in [1.29, 1.82) is 0 Å². The quantitative estimate of drug-likeness (QED) is 0.590. The van der Waals surface area contributed by atoms with Crippen molar-refractivity contribution in [3.8, 4) is 0 Å². The lowest BCUT2D eigenvalue weighted by molar-refractivity contribution is 1.03. The van der Waals surface area contributed by atoms with Crippen LogP contribution in [0.25, 0.3) is 0 Å². The van der Waals surface area contributed by atoms with Gasteiger partial charge >= 0.3 is 0 Å². The SMILES string of the molecule is CCc1cccc(N2CC2)n1. The lowest BCUT2D eigenvalue weighted by Crippen LogP contribution is -1.96.